The normalized spacial score (nSPS) is 26.6. The zero-order chi connectivity index (χ0) is 14.6. The molecule has 0 amide bonds. The van der Waals surface area contributed by atoms with Crippen molar-refractivity contribution in [1.29, 1.82) is 0 Å². The zero-order valence-electron chi connectivity index (χ0n) is 12.8. The van der Waals surface area contributed by atoms with Gasteiger partial charge in [-0.05, 0) is 25.8 Å². The van der Waals surface area contributed by atoms with Crippen molar-refractivity contribution in [3.05, 3.63) is 18.0 Å². The van der Waals surface area contributed by atoms with Crippen molar-refractivity contribution in [3.63, 3.8) is 0 Å². The SMILES string of the molecule is CCC(CC)n1ccc(CNCC2(O)CCOC2C)n1. The van der Waals surface area contributed by atoms with E-state index in [2.05, 4.69) is 24.3 Å². The Hall–Kier alpha value is -0.910. The summed E-state index contributed by atoms with van der Waals surface area (Å²) >= 11 is 0. The maximum Gasteiger partial charge on any atom is 0.105 e. The topological polar surface area (TPSA) is 59.3 Å². The minimum Gasteiger partial charge on any atom is -0.386 e. The van der Waals surface area contributed by atoms with Crippen LogP contribution >= 0.6 is 0 Å². The first kappa shape index (κ1) is 15.5. The average Bonchev–Trinajstić information content (AvgIpc) is 3.01. The summed E-state index contributed by atoms with van der Waals surface area (Å²) in [6, 6.07) is 2.53. The molecule has 0 saturated carbocycles. The Bertz CT molecular complexity index is 417. The van der Waals surface area contributed by atoms with Gasteiger partial charge in [-0.25, -0.2) is 0 Å². The Labute approximate surface area is 121 Å². The lowest BCUT2D eigenvalue weighted by Crippen LogP contribution is -2.45. The molecule has 2 rings (SSSR count). The predicted octanol–water partition coefficient (Wildman–Crippen LogP) is 1.87. The lowest BCUT2D eigenvalue weighted by Gasteiger charge is -2.26. The van der Waals surface area contributed by atoms with Gasteiger partial charge >= 0.3 is 0 Å². The Kier molecular flexibility index (Phi) is 5.18. The molecule has 2 N–H and O–H groups in total. The molecular weight excluding hydrogens is 254 g/mol. The molecule has 0 spiro atoms. The van der Waals surface area contributed by atoms with E-state index in [1.54, 1.807) is 0 Å². The number of aliphatic hydroxyl groups is 1. The molecule has 1 aromatic rings. The Morgan fingerprint density at radius 1 is 1.55 bits per heavy atom. The van der Waals surface area contributed by atoms with Gasteiger partial charge in [-0.3, -0.25) is 4.68 Å². The lowest BCUT2D eigenvalue weighted by atomic mass is 9.97. The summed E-state index contributed by atoms with van der Waals surface area (Å²) in [5, 5.41) is 18.3. The summed E-state index contributed by atoms with van der Waals surface area (Å²) in [5.41, 5.74) is 0.282. The van der Waals surface area contributed by atoms with Crippen molar-refractivity contribution in [2.24, 2.45) is 0 Å². The first-order valence-corrected chi connectivity index (χ1v) is 7.67. The largest absolute Gasteiger partial charge is 0.386 e. The molecule has 2 atom stereocenters. The summed E-state index contributed by atoms with van der Waals surface area (Å²) in [6.45, 7) is 8.17. The Morgan fingerprint density at radius 3 is 2.90 bits per heavy atom. The van der Waals surface area contributed by atoms with Gasteiger partial charge in [0.2, 0.25) is 0 Å². The van der Waals surface area contributed by atoms with Gasteiger partial charge < -0.3 is 15.2 Å². The quantitative estimate of drug-likeness (QED) is 0.801. The van der Waals surface area contributed by atoms with Crippen molar-refractivity contribution in [2.75, 3.05) is 13.2 Å². The minimum atomic E-state index is -0.738. The van der Waals surface area contributed by atoms with Crippen LogP contribution in [0.1, 0.15) is 51.8 Å². The van der Waals surface area contributed by atoms with Crippen molar-refractivity contribution < 1.29 is 9.84 Å². The summed E-state index contributed by atoms with van der Waals surface area (Å²) in [5.74, 6) is 0. The molecule has 20 heavy (non-hydrogen) atoms. The minimum absolute atomic E-state index is 0.0999. The van der Waals surface area contributed by atoms with Gasteiger partial charge in [-0.15, -0.1) is 0 Å². The van der Waals surface area contributed by atoms with Gasteiger partial charge in [0, 0.05) is 32.3 Å². The molecule has 114 valence electrons. The number of hydrogen-bond donors (Lipinski definition) is 2. The summed E-state index contributed by atoms with van der Waals surface area (Å²) in [4.78, 5) is 0. The third kappa shape index (κ3) is 3.40. The fourth-order valence-corrected chi connectivity index (χ4v) is 2.75. The number of nitrogens with one attached hydrogen (secondary N) is 1. The van der Waals surface area contributed by atoms with Gasteiger partial charge in [-0.1, -0.05) is 13.8 Å². The molecule has 0 aromatic carbocycles. The number of ether oxygens (including phenoxy) is 1. The second kappa shape index (κ2) is 6.70. The van der Waals surface area contributed by atoms with E-state index in [4.69, 9.17) is 4.74 Å². The van der Waals surface area contributed by atoms with Crippen LogP contribution in [-0.4, -0.2) is 39.7 Å². The van der Waals surface area contributed by atoms with Crippen LogP contribution in [0.4, 0.5) is 0 Å². The summed E-state index contributed by atoms with van der Waals surface area (Å²) < 4.78 is 7.47. The molecular formula is C15H27N3O2. The van der Waals surface area contributed by atoms with Crippen LogP contribution in [0, 0.1) is 0 Å². The molecule has 1 aliphatic heterocycles. The number of rotatable bonds is 7. The molecule has 1 fully saturated rings. The molecule has 1 aromatic heterocycles. The van der Waals surface area contributed by atoms with Crippen LogP contribution in [0.2, 0.25) is 0 Å². The van der Waals surface area contributed by atoms with Crippen molar-refractivity contribution in [1.82, 2.24) is 15.1 Å². The van der Waals surface area contributed by atoms with E-state index < -0.39 is 5.60 Å². The maximum absolute atomic E-state index is 10.4. The fraction of sp³-hybridized carbons (Fsp3) is 0.800. The van der Waals surface area contributed by atoms with Crippen LogP contribution in [0.25, 0.3) is 0 Å². The third-order valence-corrected chi connectivity index (χ3v) is 4.38. The maximum atomic E-state index is 10.4. The highest BCUT2D eigenvalue weighted by atomic mass is 16.5. The van der Waals surface area contributed by atoms with Crippen LogP contribution in [0.3, 0.4) is 0 Å². The monoisotopic (exact) mass is 281 g/mol. The molecule has 0 radical (unpaired) electrons. The van der Waals surface area contributed by atoms with Crippen LogP contribution < -0.4 is 5.32 Å². The van der Waals surface area contributed by atoms with Crippen LogP contribution in [-0.2, 0) is 11.3 Å². The van der Waals surface area contributed by atoms with Gasteiger partial charge in [-0.2, -0.15) is 5.10 Å². The van der Waals surface area contributed by atoms with Crippen molar-refractivity contribution in [2.45, 2.75) is 64.3 Å². The van der Waals surface area contributed by atoms with Crippen molar-refractivity contribution in [3.8, 4) is 0 Å². The van der Waals surface area contributed by atoms with Gasteiger partial charge in [0.15, 0.2) is 0 Å². The predicted molar refractivity (Wildman–Crippen MR) is 78.5 cm³/mol. The smallest absolute Gasteiger partial charge is 0.105 e. The number of nitrogens with zero attached hydrogens (tertiary/aromatic N) is 2. The molecule has 5 heteroatoms. The molecule has 0 bridgehead atoms. The zero-order valence-corrected chi connectivity index (χ0v) is 12.8. The van der Waals surface area contributed by atoms with Gasteiger partial charge in [0.1, 0.15) is 5.60 Å². The van der Waals surface area contributed by atoms with Gasteiger partial charge in [0.25, 0.3) is 0 Å². The second-order valence-electron chi connectivity index (χ2n) is 5.73. The van der Waals surface area contributed by atoms with E-state index in [0.29, 0.717) is 32.2 Å². The summed E-state index contributed by atoms with van der Waals surface area (Å²) in [7, 11) is 0. The third-order valence-electron chi connectivity index (χ3n) is 4.38. The van der Waals surface area contributed by atoms with E-state index in [-0.39, 0.29) is 6.10 Å². The molecule has 1 aliphatic rings. The fourth-order valence-electron chi connectivity index (χ4n) is 2.75. The Balaban J connectivity index is 1.83. The van der Waals surface area contributed by atoms with E-state index in [1.807, 2.05) is 23.9 Å². The molecule has 1 saturated heterocycles. The second-order valence-corrected chi connectivity index (χ2v) is 5.73. The van der Waals surface area contributed by atoms with Gasteiger partial charge in [0.05, 0.1) is 17.8 Å². The van der Waals surface area contributed by atoms with Crippen LogP contribution in [0.15, 0.2) is 12.3 Å². The highest BCUT2D eigenvalue weighted by Gasteiger charge is 2.38. The van der Waals surface area contributed by atoms with Crippen molar-refractivity contribution >= 4 is 0 Å². The molecule has 5 nitrogen and oxygen atoms in total. The van der Waals surface area contributed by atoms with E-state index >= 15 is 0 Å². The van der Waals surface area contributed by atoms with Crippen LogP contribution in [0.5, 0.6) is 0 Å². The molecule has 2 unspecified atom stereocenters. The number of hydrogen-bond acceptors (Lipinski definition) is 4. The first-order valence-electron chi connectivity index (χ1n) is 7.67. The molecule has 0 aliphatic carbocycles. The van der Waals surface area contributed by atoms with E-state index in [0.717, 1.165) is 18.5 Å². The Morgan fingerprint density at radius 2 is 2.30 bits per heavy atom. The lowest BCUT2D eigenvalue weighted by molar-refractivity contribution is -0.0263. The standard InChI is InChI=1S/C15H27N3O2/c1-4-14(5-2)18-8-6-13(17-18)10-16-11-15(19)7-9-20-12(15)3/h6,8,12,14,16,19H,4-5,7,9-11H2,1-3H3. The number of aromatic nitrogens is 2. The average molecular weight is 281 g/mol. The van der Waals surface area contributed by atoms with E-state index in [9.17, 15) is 5.11 Å². The highest BCUT2D eigenvalue weighted by Crippen LogP contribution is 2.24. The molecule has 2 heterocycles. The summed E-state index contributed by atoms with van der Waals surface area (Å²) in [6.07, 6.45) is 4.84. The van der Waals surface area contributed by atoms with E-state index in [1.165, 1.54) is 0 Å². The first-order chi connectivity index (χ1) is 9.59. The highest BCUT2D eigenvalue weighted by molar-refractivity contribution is 5.00.